The Balaban J connectivity index is 1.64. The molecule has 0 bridgehead atoms. The molecule has 1 amide bonds. The normalized spacial score (nSPS) is 21.5. The number of benzene rings is 1. The van der Waals surface area contributed by atoms with Gasteiger partial charge in [-0.05, 0) is 36.6 Å². The van der Waals surface area contributed by atoms with Crippen molar-refractivity contribution in [1.29, 1.82) is 0 Å². The van der Waals surface area contributed by atoms with Crippen LogP contribution >= 0.6 is 0 Å². The summed E-state index contributed by atoms with van der Waals surface area (Å²) in [6.45, 7) is 0.139. The summed E-state index contributed by atoms with van der Waals surface area (Å²) in [5.41, 5.74) is 1.65. The number of amides is 1. The second-order valence-corrected chi connectivity index (χ2v) is 5.62. The third kappa shape index (κ3) is 3.21. The number of anilines is 1. The second kappa shape index (κ2) is 5.92. The van der Waals surface area contributed by atoms with Crippen molar-refractivity contribution in [2.24, 2.45) is 0 Å². The van der Waals surface area contributed by atoms with E-state index in [0.29, 0.717) is 12.4 Å². The Labute approximate surface area is 130 Å². The summed E-state index contributed by atoms with van der Waals surface area (Å²) in [6, 6.07) is 5.08. The van der Waals surface area contributed by atoms with Gasteiger partial charge in [0.15, 0.2) is 6.10 Å². The number of aliphatic hydroxyl groups is 1. The van der Waals surface area contributed by atoms with E-state index in [4.69, 9.17) is 14.6 Å². The first-order valence-electron chi connectivity index (χ1n) is 7.33. The van der Waals surface area contributed by atoms with E-state index < -0.39 is 18.7 Å². The Morgan fingerprint density at radius 1 is 1.43 bits per heavy atom. The standard InChI is InChI=1S/C15H16F3NO4/c16-15(17,18)13(20)5-6-22-11-3-4-12-9(7-11)1-2-10-8-23-14(21)19(10)12/h3-4,7,10,13,20H,1-2,5-6,8H2/t10-,13?/m1/s1. The molecule has 2 aliphatic rings. The van der Waals surface area contributed by atoms with Crippen molar-refractivity contribution in [2.45, 2.75) is 37.6 Å². The first kappa shape index (κ1) is 15.9. The van der Waals surface area contributed by atoms with Crippen molar-refractivity contribution < 1.29 is 32.5 Å². The van der Waals surface area contributed by atoms with Gasteiger partial charge in [-0.25, -0.2) is 4.79 Å². The number of aryl methyl sites for hydroxylation is 1. The molecule has 23 heavy (non-hydrogen) atoms. The number of halogens is 3. The third-order valence-corrected chi connectivity index (χ3v) is 4.06. The van der Waals surface area contributed by atoms with Gasteiger partial charge in [0.05, 0.1) is 18.3 Å². The Bertz CT molecular complexity index is 605. The Kier molecular flexibility index (Phi) is 4.09. The lowest BCUT2D eigenvalue weighted by molar-refractivity contribution is -0.206. The predicted octanol–water partition coefficient (Wildman–Crippen LogP) is 2.65. The fourth-order valence-corrected chi connectivity index (χ4v) is 2.83. The number of carbonyl (C=O) groups excluding carboxylic acids is 1. The van der Waals surface area contributed by atoms with E-state index in [9.17, 15) is 18.0 Å². The summed E-state index contributed by atoms with van der Waals surface area (Å²) in [6.07, 6.45) is -6.41. The molecule has 2 heterocycles. The lowest BCUT2D eigenvalue weighted by Crippen LogP contribution is -2.37. The minimum atomic E-state index is -4.63. The smallest absolute Gasteiger partial charge is 0.414 e. The number of nitrogens with zero attached hydrogens (tertiary/aromatic N) is 1. The monoisotopic (exact) mass is 331 g/mol. The molecule has 126 valence electrons. The van der Waals surface area contributed by atoms with Crippen molar-refractivity contribution >= 4 is 11.8 Å². The summed E-state index contributed by atoms with van der Waals surface area (Å²) < 4.78 is 46.9. The van der Waals surface area contributed by atoms with Crippen LogP contribution in [-0.2, 0) is 11.2 Å². The number of aliphatic hydroxyl groups excluding tert-OH is 1. The number of fused-ring (bicyclic) bond motifs is 3. The highest BCUT2D eigenvalue weighted by Crippen LogP contribution is 2.36. The van der Waals surface area contributed by atoms with Gasteiger partial charge in [0.1, 0.15) is 12.4 Å². The summed E-state index contributed by atoms with van der Waals surface area (Å²) in [5.74, 6) is 0.420. The molecule has 0 aromatic heterocycles. The van der Waals surface area contributed by atoms with Crippen LogP contribution in [0.25, 0.3) is 0 Å². The molecular weight excluding hydrogens is 315 g/mol. The van der Waals surface area contributed by atoms with Crippen LogP contribution in [0.4, 0.5) is 23.7 Å². The van der Waals surface area contributed by atoms with Crippen molar-refractivity contribution in [1.82, 2.24) is 0 Å². The molecule has 1 fully saturated rings. The highest BCUT2D eigenvalue weighted by atomic mass is 19.4. The number of carbonyl (C=O) groups is 1. The van der Waals surface area contributed by atoms with E-state index in [1.165, 1.54) is 0 Å². The number of hydrogen-bond acceptors (Lipinski definition) is 4. The van der Waals surface area contributed by atoms with Gasteiger partial charge >= 0.3 is 12.3 Å². The van der Waals surface area contributed by atoms with Crippen LogP contribution < -0.4 is 9.64 Å². The van der Waals surface area contributed by atoms with Gasteiger partial charge in [0.2, 0.25) is 0 Å². The number of hydrogen-bond donors (Lipinski definition) is 1. The Morgan fingerprint density at radius 2 is 2.22 bits per heavy atom. The van der Waals surface area contributed by atoms with Gasteiger partial charge in [-0.15, -0.1) is 0 Å². The van der Waals surface area contributed by atoms with Crippen molar-refractivity contribution in [3.8, 4) is 5.75 Å². The number of rotatable bonds is 4. The SMILES string of the molecule is O=C1OC[C@H]2CCc3cc(OCCC(O)C(F)(F)F)ccc3N12. The van der Waals surface area contributed by atoms with Crippen LogP contribution in [0.5, 0.6) is 5.75 Å². The van der Waals surface area contributed by atoms with E-state index in [0.717, 1.165) is 24.1 Å². The van der Waals surface area contributed by atoms with E-state index >= 15 is 0 Å². The molecule has 8 heteroatoms. The Hall–Kier alpha value is -1.96. The van der Waals surface area contributed by atoms with Crippen LogP contribution in [0.2, 0.25) is 0 Å². The molecule has 1 N–H and O–H groups in total. The maximum atomic E-state index is 12.2. The largest absolute Gasteiger partial charge is 0.493 e. The van der Waals surface area contributed by atoms with Crippen LogP contribution in [-0.4, -0.2) is 42.7 Å². The van der Waals surface area contributed by atoms with Gasteiger partial charge in [-0.1, -0.05) is 0 Å². The zero-order valence-electron chi connectivity index (χ0n) is 12.2. The van der Waals surface area contributed by atoms with Gasteiger partial charge in [0.25, 0.3) is 0 Å². The molecule has 2 atom stereocenters. The molecule has 1 aromatic carbocycles. The average molecular weight is 331 g/mol. The number of ether oxygens (including phenoxy) is 2. The fraction of sp³-hybridized carbons (Fsp3) is 0.533. The molecule has 3 rings (SSSR count). The van der Waals surface area contributed by atoms with Gasteiger partial charge in [-0.2, -0.15) is 13.2 Å². The fourth-order valence-electron chi connectivity index (χ4n) is 2.83. The van der Waals surface area contributed by atoms with E-state index in [2.05, 4.69) is 0 Å². The maximum Gasteiger partial charge on any atom is 0.414 e. The summed E-state index contributed by atoms with van der Waals surface area (Å²) in [5, 5.41) is 8.92. The molecule has 0 radical (unpaired) electrons. The van der Waals surface area contributed by atoms with E-state index in [1.807, 2.05) is 0 Å². The Morgan fingerprint density at radius 3 is 2.96 bits per heavy atom. The van der Waals surface area contributed by atoms with Crippen LogP contribution in [0.15, 0.2) is 18.2 Å². The average Bonchev–Trinajstić information content (AvgIpc) is 2.88. The van der Waals surface area contributed by atoms with Gasteiger partial charge in [0, 0.05) is 6.42 Å². The summed E-state index contributed by atoms with van der Waals surface area (Å²) >= 11 is 0. The molecule has 2 aliphatic heterocycles. The summed E-state index contributed by atoms with van der Waals surface area (Å²) in [4.78, 5) is 13.3. The summed E-state index contributed by atoms with van der Waals surface area (Å²) in [7, 11) is 0. The van der Waals surface area contributed by atoms with Crippen LogP contribution in [0.1, 0.15) is 18.4 Å². The van der Waals surface area contributed by atoms with Crippen molar-refractivity contribution in [2.75, 3.05) is 18.1 Å². The molecule has 0 aliphatic carbocycles. The quantitative estimate of drug-likeness (QED) is 0.921. The maximum absolute atomic E-state index is 12.2. The first-order valence-corrected chi connectivity index (χ1v) is 7.33. The number of alkyl halides is 3. The lowest BCUT2D eigenvalue weighted by atomic mass is 9.97. The minimum Gasteiger partial charge on any atom is -0.493 e. The van der Waals surface area contributed by atoms with E-state index in [1.54, 1.807) is 23.1 Å². The number of cyclic esters (lactones) is 1. The molecule has 1 unspecified atom stereocenters. The highest BCUT2D eigenvalue weighted by molar-refractivity contribution is 5.92. The molecule has 0 spiro atoms. The lowest BCUT2D eigenvalue weighted by Gasteiger charge is -2.29. The molecular formula is C15H16F3NO4. The topological polar surface area (TPSA) is 59.0 Å². The zero-order chi connectivity index (χ0) is 16.6. The third-order valence-electron chi connectivity index (χ3n) is 4.06. The van der Waals surface area contributed by atoms with Crippen LogP contribution in [0, 0.1) is 0 Å². The van der Waals surface area contributed by atoms with E-state index in [-0.39, 0.29) is 18.7 Å². The first-order chi connectivity index (χ1) is 10.9. The second-order valence-electron chi connectivity index (χ2n) is 5.62. The van der Waals surface area contributed by atoms with Gasteiger partial charge in [-0.3, -0.25) is 4.90 Å². The highest BCUT2D eigenvalue weighted by Gasteiger charge is 2.39. The molecule has 1 aromatic rings. The minimum absolute atomic E-state index is 0.0451. The van der Waals surface area contributed by atoms with Crippen LogP contribution in [0.3, 0.4) is 0 Å². The zero-order valence-corrected chi connectivity index (χ0v) is 12.2. The molecule has 5 nitrogen and oxygen atoms in total. The van der Waals surface area contributed by atoms with Gasteiger partial charge < -0.3 is 14.6 Å². The predicted molar refractivity (Wildman–Crippen MR) is 74.6 cm³/mol. The van der Waals surface area contributed by atoms with Crippen molar-refractivity contribution in [3.63, 3.8) is 0 Å². The molecule has 0 saturated carbocycles. The molecule has 1 saturated heterocycles. The van der Waals surface area contributed by atoms with Crippen molar-refractivity contribution in [3.05, 3.63) is 23.8 Å².